The molecule has 0 spiro atoms. The standard InChI is InChI=1S/C15H21ClN4O2S/c1-10-4-5-11(7-13(10)16)17-9-14(21)19-20-15(23)18-8-12-3-2-6-22-12/h4-5,7,12,17H,2-3,6,8-9H2,1H3,(H,19,21)(H2,18,20,23)/t12-/m1/s1. The van der Waals surface area contributed by atoms with Crippen LogP contribution in [0.3, 0.4) is 0 Å². The Labute approximate surface area is 146 Å². The normalized spacial score (nSPS) is 16.7. The summed E-state index contributed by atoms with van der Waals surface area (Å²) in [7, 11) is 0. The van der Waals surface area contributed by atoms with Gasteiger partial charge in [0.1, 0.15) is 0 Å². The van der Waals surface area contributed by atoms with E-state index in [0.29, 0.717) is 16.7 Å². The highest BCUT2D eigenvalue weighted by molar-refractivity contribution is 7.80. The highest BCUT2D eigenvalue weighted by Gasteiger charge is 2.15. The quantitative estimate of drug-likeness (QED) is 0.475. The van der Waals surface area contributed by atoms with Crippen molar-refractivity contribution >= 4 is 40.5 Å². The number of amides is 1. The Balaban J connectivity index is 1.62. The molecule has 23 heavy (non-hydrogen) atoms. The smallest absolute Gasteiger partial charge is 0.257 e. The fraction of sp³-hybridized carbons (Fsp3) is 0.467. The topological polar surface area (TPSA) is 74.4 Å². The zero-order chi connectivity index (χ0) is 16.7. The Morgan fingerprint density at radius 3 is 2.96 bits per heavy atom. The van der Waals surface area contributed by atoms with Crippen LogP contribution in [-0.2, 0) is 9.53 Å². The van der Waals surface area contributed by atoms with Gasteiger partial charge in [0.2, 0.25) is 0 Å². The van der Waals surface area contributed by atoms with Crippen LogP contribution in [0, 0.1) is 6.92 Å². The molecule has 1 atom stereocenters. The summed E-state index contributed by atoms with van der Waals surface area (Å²) in [5.41, 5.74) is 6.97. The molecule has 1 fully saturated rings. The molecule has 2 rings (SSSR count). The predicted molar refractivity (Wildman–Crippen MR) is 95.5 cm³/mol. The number of rotatable bonds is 5. The molecule has 6 nitrogen and oxygen atoms in total. The Kier molecular flexibility index (Phi) is 6.88. The number of hydrogen-bond acceptors (Lipinski definition) is 4. The van der Waals surface area contributed by atoms with Gasteiger partial charge in [0, 0.05) is 23.9 Å². The first-order chi connectivity index (χ1) is 11.0. The van der Waals surface area contributed by atoms with E-state index in [1.807, 2.05) is 19.1 Å². The van der Waals surface area contributed by atoms with Gasteiger partial charge in [-0.1, -0.05) is 17.7 Å². The number of ether oxygens (including phenoxy) is 1. The lowest BCUT2D eigenvalue weighted by atomic mass is 10.2. The molecule has 126 valence electrons. The summed E-state index contributed by atoms with van der Waals surface area (Å²) in [5.74, 6) is -0.233. The lowest BCUT2D eigenvalue weighted by molar-refractivity contribution is -0.119. The first-order valence-electron chi connectivity index (χ1n) is 7.49. The molecule has 0 aromatic heterocycles. The van der Waals surface area contributed by atoms with Crippen molar-refractivity contribution in [2.24, 2.45) is 0 Å². The second-order valence-corrected chi connectivity index (χ2v) is 6.15. The molecule has 0 aliphatic carbocycles. The number of hydrogen-bond donors (Lipinski definition) is 4. The number of carbonyl (C=O) groups is 1. The zero-order valence-corrected chi connectivity index (χ0v) is 14.5. The average molecular weight is 357 g/mol. The maximum Gasteiger partial charge on any atom is 0.257 e. The monoisotopic (exact) mass is 356 g/mol. The molecule has 1 aromatic carbocycles. The molecule has 1 aromatic rings. The van der Waals surface area contributed by atoms with Gasteiger partial charge in [0.15, 0.2) is 5.11 Å². The molecule has 1 saturated heterocycles. The summed E-state index contributed by atoms with van der Waals surface area (Å²) in [6.07, 6.45) is 2.31. The van der Waals surface area contributed by atoms with Crippen LogP contribution in [0.1, 0.15) is 18.4 Å². The predicted octanol–water partition coefficient (Wildman–Crippen LogP) is 1.73. The van der Waals surface area contributed by atoms with E-state index in [0.717, 1.165) is 30.7 Å². The van der Waals surface area contributed by atoms with Gasteiger partial charge < -0.3 is 15.4 Å². The minimum atomic E-state index is -0.233. The van der Waals surface area contributed by atoms with Crippen LogP contribution >= 0.6 is 23.8 Å². The molecule has 0 unspecified atom stereocenters. The third-order valence-corrected chi connectivity index (χ3v) is 4.11. The molecule has 1 heterocycles. The lowest BCUT2D eigenvalue weighted by Crippen LogP contribution is -2.49. The molecule has 0 bridgehead atoms. The van der Waals surface area contributed by atoms with Crippen LogP contribution in [0.15, 0.2) is 18.2 Å². The zero-order valence-electron chi connectivity index (χ0n) is 12.9. The van der Waals surface area contributed by atoms with E-state index < -0.39 is 0 Å². The van der Waals surface area contributed by atoms with Crippen molar-refractivity contribution in [1.82, 2.24) is 16.2 Å². The van der Waals surface area contributed by atoms with Crippen molar-refractivity contribution in [2.45, 2.75) is 25.9 Å². The largest absolute Gasteiger partial charge is 0.376 e. The van der Waals surface area contributed by atoms with E-state index in [-0.39, 0.29) is 18.6 Å². The Hall–Kier alpha value is -1.57. The summed E-state index contributed by atoms with van der Waals surface area (Å²) in [6.45, 7) is 3.48. The van der Waals surface area contributed by atoms with E-state index in [1.54, 1.807) is 6.07 Å². The van der Waals surface area contributed by atoms with Gasteiger partial charge in [-0.05, 0) is 49.7 Å². The first-order valence-corrected chi connectivity index (χ1v) is 8.27. The van der Waals surface area contributed by atoms with E-state index in [9.17, 15) is 4.79 Å². The number of anilines is 1. The Morgan fingerprint density at radius 2 is 2.26 bits per heavy atom. The summed E-state index contributed by atoms with van der Waals surface area (Å²) < 4.78 is 5.48. The summed E-state index contributed by atoms with van der Waals surface area (Å²) in [5, 5.41) is 7.03. The summed E-state index contributed by atoms with van der Waals surface area (Å²) >= 11 is 11.1. The van der Waals surface area contributed by atoms with E-state index in [1.165, 1.54) is 0 Å². The molecule has 1 aliphatic rings. The number of aryl methyl sites for hydroxylation is 1. The second-order valence-electron chi connectivity index (χ2n) is 5.34. The second kappa shape index (κ2) is 8.90. The SMILES string of the molecule is Cc1ccc(NCC(=O)NNC(=S)NC[C@H]2CCCO2)cc1Cl. The van der Waals surface area contributed by atoms with Gasteiger partial charge in [-0.25, -0.2) is 0 Å². The van der Waals surface area contributed by atoms with E-state index in [2.05, 4.69) is 21.5 Å². The number of carbonyl (C=O) groups excluding carboxylic acids is 1. The van der Waals surface area contributed by atoms with E-state index in [4.69, 9.17) is 28.6 Å². The van der Waals surface area contributed by atoms with Gasteiger partial charge >= 0.3 is 0 Å². The Bertz CT molecular complexity index is 564. The van der Waals surface area contributed by atoms with Crippen molar-refractivity contribution in [2.75, 3.05) is 25.0 Å². The van der Waals surface area contributed by atoms with Crippen molar-refractivity contribution < 1.29 is 9.53 Å². The number of benzene rings is 1. The first kappa shape index (κ1) is 17.8. The molecule has 8 heteroatoms. The van der Waals surface area contributed by atoms with Crippen LogP contribution in [0.5, 0.6) is 0 Å². The number of thiocarbonyl (C=S) groups is 1. The molecule has 0 radical (unpaired) electrons. The van der Waals surface area contributed by atoms with Crippen molar-refractivity contribution in [3.05, 3.63) is 28.8 Å². The maximum atomic E-state index is 11.8. The van der Waals surface area contributed by atoms with Crippen LogP contribution < -0.4 is 21.5 Å². The molecule has 0 saturated carbocycles. The van der Waals surface area contributed by atoms with Crippen molar-refractivity contribution in [3.8, 4) is 0 Å². The molecule has 1 amide bonds. The van der Waals surface area contributed by atoms with Crippen LogP contribution in [0.25, 0.3) is 0 Å². The lowest BCUT2D eigenvalue weighted by Gasteiger charge is -2.15. The van der Waals surface area contributed by atoms with Gasteiger partial charge in [-0.15, -0.1) is 0 Å². The maximum absolute atomic E-state index is 11.8. The number of nitrogens with one attached hydrogen (secondary N) is 4. The average Bonchev–Trinajstić information content (AvgIpc) is 3.05. The molecular formula is C15H21ClN4O2S. The van der Waals surface area contributed by atoms with Crippen LogP contribution in [0.4, 0.5) is 5.69 Å². The minimum Gasteiger partial charge on any atom is -0.376 e. The summed E-state index contributed by atoms with van der Waals surface area (Å²) in [6, 6.07) is 5.55. The fourth-order valence-corrected chi connectivity index (χ4v) is 2.43. The molecule has 1 aliphatic heterocycles. The molecule has 4 N–H and O–H groups in total. The fourth-order valence-electron chi connectivity index (χ4n) is 2.11. The minimum absolute atomic E-state index is 0.112. The highest BCUT2D eigenvalue weighted by atomic mass is 35.5. The number of hydrazine groups is 1. The number of halogens is 1. The molecular weight excluding hydrogens is 336 g/mol. The van der Waals surface area contributed by atoms with Crippen molar-refractivity contribution in [3.63, 3.8) is 0 Å². The van der Waals surface area contributed by atoms with E-state index >= 15 is 0 Å². The third kappa shape index (κ3) is 6.21. The summed E-state index contributed by atoms with van der Waals surface area (Å²) in [4.78, 5) is 11.8. The third-order valence-electron chi connectivity index (χ3n) is 3.45. The Morgan fingerprint density at radius 1 is 1.43 bits per heavy atom. The van der Waals surface area contributed by atoms with Gasteiger partial charge in [0.25, 0.3) is 5.91 Å². The van der Waals surface area contributed by atoms with Crippen LogP contribution in [-0.4, -0.2) is 36.8 Å². The van der Waals surface area contributed by atoms with Crippen LogP contribution in [0.2, 0.25) is 5.02 Å². The van der Waals surface area contributed by atoms with Crippen molar-refractivity contribution in [1.29, 1.82) is 0 Å². The highest BCUT2D eigenvalue weighted by Crippen LogP contribution is 2.19. The van der Waals surface area contributed by atoms with Gasteiger partial charge in [0.05, 0.1) is 12.6 Å². The van der Waals surface area contributed by atoms with Gasteiger partial charge in [-0.3, -0.25) is 15.6 Å². The van der Waals surface area contributed by atoms with Gasteiger partial charge in [-0.2, -0.15) is 0 Å².